The molecule has 2 aliphatic rings. The minimum absolute atomic E-state index is 0.492. The van der Waals surface area contributed by atoms with Gasteiger partial charge in [-0.2, -0.15) is 0 Å². The zero-order chi connectivity index (χ0) is 12.3. The van der Waals surface area contributed by atoms with E-state index in [0.717, 1.165) is 6.54 Å². The molecule has 0 unspecified atom stereocenters. The third kappa shape index (κ3) is 2.76. The van der Waals surface area contributed by atoms with Crippen LogP contribution in [-0.4, -0.2) is 30.1 Å². The first-order valence-corrected chi connectivity index (χ1v) is 7.38. The lowest BCUT2D eigenvalue weighted by atomic mass is 9.80. The minimum atomic E-state index is 0.492. The van der Waals surface area contributed by atoms with E-state index in [0.29, 0.717) is 5.54 Å². The molecule has 0 aromatic heterocycles. The molecule has 2 heterocycles. The summed E-state index contributed by atoms with van der Waals surface area (Å²) in [4.78, 5) is 2.61. The molecule has 2 fully saturated rings. The average molecular weight is 244 g/mol. The summed E-state index contributed by atoms with van der Waals surface area (Å²) in [6.07, 6.45) is 6.85. The molecule has 98 valence electrons. The predicted molar refractivity (Wildman–Crippen MR) is 75.5 cm³/mol. The summed E-state index contributed by atoms with van der Waals surface area (Å²) in [6.45, 7) is 4.86. The van der Waals surface area contributed by atoms with Gasteiger partial charge in [-0.05, 0) is 37.8 Å². The van der Waals surface area contributed by atoms with Crippen molar-refractivity contribution in [2.75, 3.05) is 19.6 Å². The van der Waals surface area contributed by atoms with Crippen molar-refractivity contribution in [1.29, 1.82) is 0 Å². The van der Waals surface area contributed by atoms with E-state index in [1.54, 1.807) is 0 Å². The highest BCUT2D eigenvalue weighted by Gasteiger charge is 2.34. The average Bonchev–Trinajstić information content (AvgIpc) is 2.44. The Morgan fingerprint density at radius 3 is 2.44 bits per heavy atom. The van der Waals surface area contributed by atoms with Crippen molar-refractivity contribution in [3.05, 3.63) is 35.9 Å². The van der Waals surface area contributed by atoms with Gasteiger partial charge in [-0.15, -0.1) is 0 Å². The first-order valence-electron chi connectivity index (χ1n) is 7.38. The van der Waals surface area contributed by atoms with Crippen molar-refractivity contribution in [3.63, 3.8) is 0 Å². The van der Waals surface area contributed by atoms with Crippen LogP contribution in [0.5, 0.6) is 0 Å². The zero-order valence-corrected chi connectivity index (χ0v) is 11.2. The van der Waals surface area contributed by atoms with Gasteiger partial charge in [0, 0.05) is 25.2 Å². The van der Waals surface area contributed by atoms with Crippen molar-refractivity contribution in [3.8, 4) is 0 Å². The molecule has 1 N–H and O–H groups in total. The van der Waals surface area contributed by atoms with Gasteiger partial charge in [0.1, 0.15) is 0 Å². The van der Waals surface area contributed by atoms with Crippen LogP contribution in [0.25, 0.3) is 0 Å². The second kappa shape index (κ2) is 5.41. The molecule has 3 rings (SSSR count). The first-order chi connectivity index (χ1) is 8.86. The van der Waals surface area contributed by atoms with Crippen molar-refractivity contribution in [1.82, 2.24) is 10.2 Å². The maximum atomic E-state index is 3.79. The highest BCUT2D eigenvalue weighted by molar-refractivity contribution is 5.14. The van der Waals surface area contributed by atoms with Crippen LogP contribution in [0.4, 0.5) is 0 Å². The van der Waals surface area contributed by atoms with Crippen molar-refractivity contribution in [2.24, 2.45) is 0 Å². The third-order valence-corrected chi connectivity index (χ3v) is 4.64. The number of piperidine rings is 2. The molecule has 0 atom stereocenters. The lowest BCUT2D eigenvalue weighted by Gasteiger charge is -2.45. The Morgan fingerprint density at radius 1 is 1.00 bits per heavy atom. The summed E-state index contributed by atoms with van der Waals surface area (Å²) < 4.78 is 0. The van der Waals surface area contributed by atoms with Crippen LogP contribution in [-0.2, 0) is 6.54 Å². The molecule has 2 heteroatoms. The molecule has 0 aliphatic carbocycles. The van der Waals surface area contributed by atoms with Gasteiger partial charge in [-0.3, -0.25) is 4.90 Å². The number of hydrogen-bond acceptors (Lipinski definition) is 2. The first kappa shape index (κ1) is 12.2. The summed E-state index contributed by atoms with van der Waals surface area (Å²) in [7, 11) is 0. The normalized spacial score (nSPS) is 24.2. The van der Waals surface area contributed by atoms with Crippen LogP contribution in [0.15, 0.2) is 30.3 Å². The summed E-state index contributed by atoms with van der Waals surface area (Å²) in [5.41, 5.74) is 1.94. The topological polar surface area (TPSA) is 15.3 Å². The fourth-order valence-corrected chi connectivity index (χ4v) is 3.44. The molecule has 0 amide bonds. The molecule has 1 aromatic carbocycles. The van der Waals surface area contributed by atoms with Gasteiger partial charge in [-0.25, -0.2) is 0 Å². The molecule has 18 heavy (non-hydrogen) atoms. The van der Waals surface area contributed by atoms with Gasteiger partial charge in [0.25, 0.3) is 0 Å². The predicted octanol–water partition coefficient (Wildman–Crippen LogP) is 2.79. The largest absolute Gasteiger partial charge is 0.311 e. The Morgan fingerprint density at radius 2 is 1.78 bits per heavy atom. The molecular weight excluding hydrogens is 220 g/mol. The number of likely N-dealkylation sites (tertiary alicyclic amines) is 1. The molecule has 2 nitrogen and oxygen atoms in total. The molecule has 2 aliphatic heterocycles. The Kier molecular flexibility index (Phi) is 3.67. The van der Waals surface area contributed by atoms with Crippen LogP contribution in [0, 0.1) is 0 Å². The highest BCUT2D eigenvalue weighted by Crippen LogP contribution is 2.30. The summed E-state index contributed by atoms with van der Waals surface area (Å²) in [6, 6.07) is 10.9. The number of nitrogens with one attached hydrogen (secondary N) is 1. The third-order valence-electron chi connectivity index (χ3n) is 4.64. The molecule has 0 bridgehead atoms. The monoisotopic (exact) mass is 244 g/mol. The van der Waals surface area contributed by atoms with E-state index in [9.17, 15) is 0 Å². The van der Waals surface area contributed by atoms with Gasteiger partial charge in [-0.1, -0.05) is 36.8 Å². The molecular formula is C16H24N2. The number of hydrogen-bond donors (Lipinski definition) is 1. The summed E-state index contributed by atoms with van der Waals surface area (Å²) in [5, 5.41) is 3.79. The Bertz CT molecular complexity index is 358. The van der Waals surface area contributed by atoms with E-state index in [1.807, 2.05) is 0 Å². The maximum absolute atomic E-state index is 3.79. The van der Waals surface area contributed by atoms with Gasteiger partial charge in [0.15, 0.2) is 0 Å². The Balaban J connectivity index is 1.54. The number of benzene rings is 1. The molecule has 2 saturated heterocycles. The van der Waals surface area contributed by atoms with E-state index < -0.39 is 0 Å². The molecule has 0 saturated carbocycles. The highest BCUT2D eigenvalue weighted by atomic mass is 15.2. The summed E-state index contributed by atoms with van der Waals surface area (Å²) in [5.74, 6) is 0. The van der Waals surface area contributed by atoms with E-state index in [1.165, 1.54) is 57.3 Å². The molecule has 1 spiro atoms. The Labute approximate surface area is 110 Å². The van der Waals surface area contributed by atoms with Crippen LogP contribution < -0.4 is 5.32 Å². The number of rotatable bonds is 2. The van der Waals surface area contributed by atoms with E-state index in [-0.39, 0.29) is 0 Å². The van der Waals surface area contributed by atoms with Crippen molar-refractivity contribution in [2.45, 2.75) is 44.2 Å². The maximum Gasteiger partial charge on any atom is 0.0233 e. The fourth-order valence-electron chi connectivity index (χ4n) is 3.44. The van der Waals surface area contributed by atoms with Crippen LogP contribution in [0.2, 0.25) is 0 Å². The standard InChI is InChI=1S/C16H24N2/c1-2-6-15(7-3-1)14-18-12-9-16(10-13-18)8-4-5-11-17-16/h1-3,6-7,17H,4-5,8-14H2. The fraction of sp³-hybridized carbons (Fsp3) is 0.625. The minimum Gasteiger partial charge on any atom is -0.311 e. The van der Waals surface area contributed by atoms with Gasteiger partial charge < -0.3 is 5.32 Å². The van der Waals surface area contributed by atoms with Crippen molar-refractivity contribution >= 4 is 0 Å². The second-order valence-electron chi connectivity index (χ2n) is 5.93. The second-order valence-corrected chi connectivity index (χ2v) is 5.93. The van der Waals surface area contributed by atoms with Gasteiger partial charge >= 0.3 is 0 Å². The smallest absolute Gasteiger partial charge is 0.0233 e. The van der Waals surface area contributed by atoms with Crippen LogP contribution >= 0.6 is 0 Å². The van der Waals surface area contributed by atoms with Crippen LogP contribution in [0.3, 0.4) is 0 Å². The Hall–Kier alpha value is -0.860. The molecule has 1 aromatic rings. The van der Waals surface area contributed by atoms with Crippen LogP contribution in [0.1, 0.15) is 37.7 Å². The van der Waals surface area contributed by atoms with E-state index >= 15 is 0 Å². The number of nitrogens with zero attached hydrogens (tertiary/aromatic N) is 1. The van der Waals surface area contributed by atoms with Crippen molar-refractivity contribution < 1.29 is 0 Å². The van der Waals surface area contributed by atoms with Gasteiger partial charge in [0.2, 0.25) is 0 Å². The molecule has 0 radical (unpaired) electrons. The lowest BCUT2D eigenvalue weighted by molar-refractivity contribution is 0.108. The quantitative estimate of drug-likeness (QED) is 0.860. The SMILES string of the molecule is c1ccc(CN2CCC3(CCCCN3)CC2)cc1. The van der Waals surface area contributed by atoms with E-state index in [2.05, 4.69) is 40.5 Å². The van der Waals surface area contributed by atoms with E-state index in [4.69, 9.17) is 0 Å². The van der Waals surface area contributed by atoms with Gasteiger partial charge in [0.05, 0.1) is 0 Å². The lowest BCUT2D eigenvalue weighted by Crippen LogP contribution is -2.55. The zero-order valence-electron chi connectivity index (χ0n) is 11.2. The summed E-state index contributed by atoms with van der Waals surface area (Å²) >= 11 is 0.